The monoisotopic (exact) mass is 374 g/mol. The van der Waals surface area contributed by atoms with Gasteiger partial charge in [0.1, 0.15) is 6.04 Å². The summed E-state index contributed by atoms with van der Waals surface area (Å²) >= 11 is 1.31. The van der Waals surface area contributed by atoms with Crippen molar-refractivity contribution in [3.8, 4) is 11.3 Å². The second-order valence-electron chi connectivity index (χ2n) is 5.70. The van der Waals surface area contributed by atoms with Crippen LogP contribution in [0.2, 0.25) is 0 Å². The number of carbonyl (C=O) groups is 2. The molecule has 0 bridgehead atoms. The molecule has 9 nitrogen and oxygen atoms in total. The van der Waals surface area contributed by atoms with Crippen LogP contribution in [0, 0.1) is 6.92 Å². The van der Waals surface area contributed by atoms with Crippen molar-refractivity contribution in [1.82, 2.24) is 24.5 Å². The normalized spacial score (nSPS) is 12.1. The molecular weight excluding hydrogens is 356 g/mol. The third-order valence-electron chi connectivity index (χ3n) is 3.89. The summed E-state index contributed by atoms with van der Waals surface area (Å²) in [4.78, 5) is 27.7. The first-order valence-electron chi connectivity index (χ1n) is 7.97. The van der Waals surface area contributed by atoms with Gasteiger partial charge in [-0.1, -0.05) is 0 Å². The highest BCUT2D eigenvalue weighted by Crippen LogP contribution is 2.27. The number of amides is 1. The van der Waals surface area contributed by atoms with Crippen LogP contribution in [-0.2, 0) is 11.3 Å². The molecule has 0 aliphatic heterocycles. The van der Waals surface area contributed by atoms with E-state index in [1.54, 1.807) is 0 Å². The zero-order valence-electron chi connectivity index (χ0n) is 14.5. The third kappa shape index (κ3) is 3.49. The Hall–Kier alpha value is -3.01. The van der Waals surface area contributed by atoms with E-state index in [1.807, 2.05) is 30.1 Å². The Kier molecular flexibility index (Phi) is 4.85. The molecular formula is C16H18N6O3S. The molecule has 1 unspecified atom stereocenters. The Balaban J connectivity index is 1.74. The molecule has 0 fully saturated rings. The summed E-state index contributed by atoms with van der Waals surface area (Å²) in [7, 11) is 0. The molecule has 0 aliphatic carbocycles. The Labute approximate surface area is 153 Å². The second kappa shape index (κ2) is 7.08. The number of carboxylic acids is 1. The van der Waals surface area contributed by atoms with Gasteiger partial charge in [0.05, 0.1) is 23.1 Å². The molecule has 0 saturated carbocycles. The lowest BCUT2D eigenvalue weighted by Crippen LogP contribution is -2.16. The van der Waals surface area contributed by atoms with E-state index in [0.717, 1.165) is 23.5 Å². The number of nitrogens with zero attached hydrogens (tertiary/aromatic N) is 5. The Bertz CT molecular complexity index is 957. The molecule has 0 aromatic carbocycles. The Morgan fingerprint density at radius 1 is 1.38 bits per heavy atom. The smallest absolute Gasteiger partial charge is 0.328 e. The van der Waals surface area contributed by atoms with E-state index in [0.29, 0.717) is 5.13 Å². The number of aryl methyl sites for hydroxylation is 2. The van der Waals surface area contributed by atoms with E-state index in [1.165, 1.54) is 35.3 Å². The molecule has 2 N–H and O–H groups in total. The van der Waals surface area contributed by atoms with Crippen LogP contribution < -0.4 is 5.32 Å². The summed E-state index contributed by atoms with van der Waals surface area (Å²) in [6.07, 6.45) is 4.66. The van der Waals surface area contributed by atoms with Crippen molar-refractivity contribution in [3.05, 3.63) is 35.2 Å². The van der Waals surface area contributed by atoms with Crippen LogP contribution >= 0.6 is 11.3 Å². The van der Waals surface area contributed by atoms with Crippen molar-refractivity contribution in [2.75, 3.05) is 5.32 Å². The highest BCUT2D eigenvalue weighted by atomic mass is 32.1. The van der Waals surface area contributed by atoms with Crippen LogP contribution in [0.4, 0.5) is 5.13 Å². The molecule has 3 rings (SSSR count). The summed E-state index contributed by atoms with van der Waals surface area (Å²) in [6, 6.07) is -0.846. The van der Waals surface area contributed by atoms with Gasteiger partial charge in [-0.2, -0.15) is 10.2 Å². The molecule has 3 aromatic rings. The highest BCUT2D eigenvalue weighted by molar-refractivity contribution is 7.14. The Morgan fingerprint density at radius 3 is 2.81 bits per heavy atom. The predicted molar refractivity (Wildman–Crippen MR) is 96.3 cm³/mol. The van der Waals surface area contributed by atoms with Crippen molar-refractivity contribution in [1.29, 1.82) is 0 Å². The summed E-state index contributed by atoms with van der Waals surface area (Å²) in [5, 5.41) is 22.3. The maximum Gasteiger partial charge on any atom is 0.328 e. The van der Waals surface area contributed by atoms with Crippen molar-refractivity contribution in [2.45, 2.75) is 33.4 Å². The maximum atomic E-state index is 12.3. The number of anilines is 1. The average Bonchev–Trinajstić information content (AvgIpc) is 3.32. The first kappa shape index (κ1) is 17.8. The van der Waals surface area contributed by atoms with Gasteiger partial charge in [0.15, 0.2) is 5.13 Å². The van der Waals surface area contributed by atoms with E-state index in [4.69, 9.17) is 5.11 Å². The lowest BCUT2D eigenvalue weighted by molar-refractivity contribution is -0.140. The maximum absolute atomic E-state index is 12.3. The third-order valence-corrected chi connectivity index (χ3v) is 4.65. The number of nitrogens with one attached hydrogen (secondary N) is 1. The van der Waals surface area contributed by atoms with E-state index >= 15 is 0 Å². The average molecular weight is 374 g/mol. The van der Waals surface area contributed by atoms with Gasteiger partial charge in [-0.15, -0.1) is 11.3 Å². The molecule has 0 aliphatic rings. The predicted octanol–water partition coefficient (Wildman–Crippen LogP) is 2.43. The number of aliphatic carboxylic acids is 1. The van der Waals surface area contributed by atoms with E-state index in [9.17, 15) is 9.59 Å². The minimum atomic E-state index is -1.02. The van der Waals surface area contributed by atoms with Crippen LogP contribution in [0.3, 0.4) is 0 Å². The number of hydrogen-bond donors (Lipinski definition) is 2. The Morgan fingerprint density at radius 2 is 2.15 bits per heavy atom. The first-order valence-corrected chi connectivity index (χ1v) is 8.85. The molecule has 0 radical (unpaired) electrons. The first-order chi connectivity index (χ1) is 12.4. The minimum Gasteiger partial charge on any atom is -0.480 e. The fourth-order valence-corrected chi connectivity index (χ4v) is 3.04. The minimum absolute atomic E-state index is 0.268. The molecule has 0 spiro atoms. The van der Waals surface area contributed by atoms with E-state index < -0.39 is 17.9 Å². The number of carboxylic acid groups (broad SMARTS) is 1. The molecule has 3 aromatic heterocycles. The number of hydrogen-bond acceptors (Lipinski definition) is 6. The lowest BCUT2D eigenvalue weighted by atomic mass is 10.2. The number of thiazole rings is 1. The van der Waals surface area contributed by atoms with Gasteiger partial charge in [0.25, 0.3) is 5.91 Å². The van der Waals surface area contributed by atoms with Crippen molar-refractivity contribution in [2.24, 2.45) is 0 Å². The summed E-state index contributed by atoms with van der Waals surface area (Å²) < 4.78 is 3.06. The van der Waals surface area contributed by atoms with Gasteiger partial charge in [-0.25, -0.2) is 9.78 Å². The van der Waals surface area contributed by atoms with Crippen LogP contribution in [0.15, 0.2) is 24.0 Å². The summed E-state index contributed by atoms with van der Waals surface area (Å²) in [5.74, 6) is -1.41. The van der Waals surface area contributed by atoms with Crippen molar-refractivity contribution in [3.63, 3.8) is 0 Å². The van der Waals surface area contributed by atoms with E-state index in [-0.39, 0.29) is 5.56 Å². The lowest BCUT2D eigenvalue weighted by Gasteiger charge is -2.05. The molecule has 10 heteroatoms. The van der Waals surface area contributed by atoms with E-state index in [2.05, 4.69) is 20.5 Å². The molecule has 0 saturated heterocycles. The molecule has 1 amide bonds. The van der Waals surface area contributed by atoms with Crippen LogP contribution in [0.25, 0.3) is 11.3 Å². The van der Waals surface area contributed by atoms with Gasteiger partial charge < -0.3 is 5.11 Å². The highest BCUT2D eigenvalue weighted by Gasteiger charge is 2.18. The fraction of sp³-hybridized carbons (Fsp3) is 0.312. The topological polar surface area (TPSA) is 115 Å². The largest absolute Gasteiger partial charge is 0.480 e. The van der Waals surface area contributed by atoms with Crippen LogP contribution in [0.5, 0.6) is 0 Å². The fourth-order valence-electron chi connectivity index (χ4n) is 2.34. The molecule has 1 atom stereocenters. The molecule has 136 valence electrons. The van der Waals surface area contributed by atoms with Gasteiger partial charge in [0.2, 0.25) is 0 Å². The zero-order valence-corrected chi connectivity index (χ0v) is 15.3. The quantitative estimate of drug-likeness (QED) is 0.685. The zero-order chi connectivity index (χ0) is 18.8. The van der Waals surface area contributed by atoms with Crippen LogP contribution in [0.1, 0.15) is 35.9 Å². The number of aromatic nitrogens is 5. The number of carbonyl (C=O) groups excluding carboxylic acids is 1. The standard InChI is InChI=1S/C16H18N6O3S/c1-4-21-7-12(9(2)20-21)13-8-26-16(18-13)19-14(23)11-5-17-22(6-11)10(3)15(24)25/h5-8,10H,4H2,1-3H3,(H,24,25)(H,18,19,23). The molecule has 26 heavy (non-hydrogen) atoms. The molecule has 3 heterocycles. The van der Waals surface area contributed by atoms with Gasteiger partial charge in [-0.3, -0.25) is 19.5 Å². The SMILES string of the molecule is CCn1cc(-c2csc(NC(=O)c3cnn(C(C)C(=O)O)c3)n2)c(C)n1. The summed E-state index contributed by atoms with van der Waals surface area (Å²) in [5.41, 5.74) is 2.81. The summed E-state index contributed by atoms with van der Waals surface area (Å²) in [6.45, 7) is 6.18. The van der Waals surface area contributed by atoms with Gasteiger partial charge >= 0.3 is 5.97 Å². The number of rotatable bonds is 6. The second-order valence-corrected chi connectivity index (χ2v) is 6.56. The van der Waals surface area contributed by atoms with Crippen LogP contribution in [-0.4, -0.2) is 41.5 Å². The van der Waals surface area contributed by atoms with Crippen molar-refractivity contribution < 1.29 is 14.7 Å². The van der Waals surface area contributed by atoms with Crippen molar-refractivity contribution >= 4 is 28.3 Å². The van der Waals surface area contributed by atoms with Gasteiger partial charge in [-0.05, 0) is 20.8 Å². The van der Waals surface area contributed by atoms with Gasteiger partial charge in [0, 0.05) is 29.9 Å².